The molecule has 1 aliphatic rings. The quantitative estimate of drug-likeness (QED) is 0.943. The van der Waals surface area contributed by atoms with Crippen LogP contribution in [0.4, 0.5) is 0 Å². The summed E-state index contributed by atoms with van der Waals surface area (Å²) >= 11 is 1.83. The second-order valence-corrected chi connectivity index (χ2v) is 6.05. The van der Waals surface area contributed by atoms with Crippen LogP contribution in [0.5, 0.6) is 0 Å². The number of pyridine rings is 1. The van der Waals surface area contributed by atoms with Gasteiger partial charge in [0.1, 0.15) is 5.69 Å². The Labute approximate surface area is 121 Å². The number of fused-ring (bicyclic) bond motifs is 1. The molecule has 0 saturated carbocycles. The van der Waals surface area contributed by atoms with Crippen molar-refractivity contribution in [2.45, 2.75) is 25.9 Å². The number of hydrogen-bond donors (Lipinski definition) is 1. The molecule has 0 bridgehead atoms. The van der Waals surface area contributed by atoms with Gasteiger partial charge in [-0.15, -0.1) is 11.3 Å². The Hall–Kier alpha value is -1.72. The number of aromatic carboxylic acids is 1. The highest BCUT2D eigenvalue weighted by Gasteiger charge is 2.24. The number of aromatic nitrogens is 1. The molecular formula is C15H16N2O2S. The number of carbonyl (C=O) groups is 1. The van der Waals surface area contributed by atoms with Gasteiger partial charge in [-0.2, -0.15) is 0 Å². The molecular weight excluding hydrogens is 272 g/mol. The highest BCUT2D eigenvalue weighted by atomic mass is 32.1. The Bertz CT molecular complexity index is 638. The molecule has 0 aromatic carbocycles. The third-order valence-corrected chi connectivity index (χ3v) is 4.83. The maximum Gasteiger partial charge on any atom is 0.354 e. The molecule has 0 spiro atoms. The molecule has 1 atom stereocenters. The monoisotopic (exact) mass is 288 g/mol. The van der Waals surface area contributed by atoms with Crippen LogP contribution in [-0.4, -0.2) is 27.5 Å². The third-order valence-electron chi connectivity index (χ3n) is 3.83. The van der Waals surface area contributed by atoms with Crippen molar-refractivity contribution in [3.05, 3.63) is 51.5 Å². The van der Waals surface area contributed by atoms with Crippen LogP contribution in [0, 0.1) is 0 Å². The summed E-state index contributed by atoms with van der Waals surface area (Å²) in [6.07, 6.45) is 2.65. The van der Waals surface area contributed by atoms with Crippen LogP contribution in [0.3, 0.4) is 0 Å². The average molecular weight is 288 g/mol. The lowest BCUT2D eigenvalue weighted by molar-refractivity contribution is 0.0690. The largest absolute Gasteiger partial charge is 0.477 e. The van der Waals surface area contributed by atoms with Crippen LogP contribution in [-0.2, 0) is 13.0 Å². The first-order valence-corrected chi connectivity index (χ1v) is 7.51. The fourth-order valence-electron chi connectivity index (χ4n) is 2.70. The predicted octanol–water partition coefficient (Wildman–Crippen LogP) is 2.96. The molecule has 2 aromatic heterocycles. The van der Waals surface area contributed by atoms with Crippen molar-refractivity contribution in [2.75, 3.05) is 6.54 Å². The SMILES string of the molecule is CC1c2ccsc2CCN1Cc1ccnc(C(=O)O)c1. The van der Waals surface area contributed by atoms with Crippen LogP contribution in [0.15, 0.2) is 29.8 Å². The first-order chi connectivity index (χ1) is 9.65. The van der Waals surface area contributed by atoms with Crippen molar-refractivity contribution < 1.29 is 9.90 Å². The van der Waals surface area contributed by atoms with E-state index in [1.165, 1.54) is 10.4 Å². The molecule has 20 heavy (non-hydrogen) atoms. The standard InChI is InChI=1S/C15H16N2O2S/c1-10-12-4-7-20-14(12)3-6-17(10)9-11-2-5-16-13(8-11)15(18)19/h2,4-5,7-8,10H,3,6,9H2,1H3,(H,18,19). The van der Waals surface area contributed by atoms with Crippen LogP contribution < -0.4 is 0 Å². The van der Waals surface area contributed by atoms with Crippen LogP contribution >= 0.6 is 11.3 Å². The van der Waals surface area contributed by atoms with E-state index in [2.05, 4.69) is 28.3 Å². The van der Waals surface area contributed by atoms with Crippen molar-refractivity contribution in [1.29, 1.82) is 0 Å². The summed E-state index contributed by atoms with van der Waals surface area (Å²) in [7, 11) is 0. The van der Waals surface area contributed by atoms with Crippen LogP contribution in [0.25, 0.3) is 0 Å². The van der Waals surface area contributed by atoms with Crippen molar-refractivity contribution in [3.63, 3.8) is 0 Å². The van der Waals surface area contributed by atoms with Gasteiger partial charge in [0.15, 0.2) is 0 Å². The highest BCUT2D eigenvalue weighted by Crippen LogP contribution is 2.33. The van der Waals surface area contributed by atoms with Gasteiger partial charge in [0.25, 0.3) is 0 Å². The maximum atomic E-state index is 11.0. The zero-order valence-corrected chi connectivity index (χ0v) is 12.1. The Morgan fingerprint density at radius 1 is 1.55 bits per heavy atom. The number of carboxylic acids is 1. The average Bonchev–Trinajstić information content (AvgIpc) is 2.91. The van der Waals surface area contributed by atoms with E-state index >= 15 is 0 Å². The van der Waals surface area contributed by atoms with Crippen molar-refractivity contribution in [3.8, 4) is 0 Å². The zero-order chi connectivity index (χ0) is 14.1. The van der Waals surface area contributed by atoms with Gasteiger partial charge in [0.05, 0.1) is 0 Å². The fraction of sp³-hybridized carbons (Fsp3) is 0.333. The molecule has 5 heteroatoms. The molecule has 1 unspecified atom stereocenters. The van der Waals surface area contributed by atoms with E-state index in [9.17, 15) is 4.79 Å². The summed E-state index contributed by atoms with van der Waals surface area (Å²) in [6.45, 7) is 3.99. The lowest BCUT2D eigenvalue weighted by Gasteiger charge is -2.33. The number of hydrogen-bond acceptors (Lipinski definition) is 4. The molecule has 3 heterocycles. The molecule has 3 rings (SSSR count). The van der Waals surface area contributed by atoms with Gasteiger partial charge in [-0.05, 0) is 48.1 Å². The predicted molar refractivity (Wildman–Crippen MR) is 78.0 cm³/mol. The van der Waals surface area contributed by atoms with Gasteiger partial charge in [0, 0.05) is 30.2 Å². The Kier molecular flexibility index (Phi) is 3.54. The number of thiophene rings is 1. The normalized spacial score (nSPS) is 18.8. The number of carboxylic acid groups (broad SMARTS) is 1. The third kappa shape index (κ3) is 2.46. The molecule has 104 valence electrons. The van der Waals surface area contributed by atoms with Crippen LogP contribution in [0.1, 0.15) is 39.5 Å². The van der Waals surface area contributed by atoms with Crippen LogP contribution in [0.2, 0.25) is 0 Å². The van der Waals surface area contributed by atoms with Crippen molar-refractivity contribution >= 4 is 17.3 Å². The van der Waals surface area contributed by atoms with E-state index in [-0.39, 0.29) is 5.69 Å². The summed E-state index contributed by atoms with van der Waals surface area (Å²) < 4.78 is 0. The highest BCUT2D eigenvalue weighted by molar-refractivity contribution is 7.10. The van der Waals surface area contributed by atoms with Gasteiger partial charge in [-0.1, -0.05) is 0 Å². The Morgan fingerprint density at radius 3 is 3.20 bits per heavy atom. The fourth-order valence-corrected chi connectivity index (χ4v) is 3.66. The lowest BCUT2D eigenvalue weighted by atomic mass is 10.0. The molecule has 2 aromatic rings. The van der Waals surface area contributed by atoms with E-state index in [1.54, 1.807) is 12.3 Å². The minimum absolute atomic E-state index is 0.114. The molecule has 0 aliphatic carbocycles. The zero-order valence-electron chi connectivity index (χ0n) is 11.2. The van der Waals surface area contributed by atoms with E-state index in [0.29, 0.717) is 6.04 Å². The summed E-state index contributed by atoms with van der Waals surface area (Å²) in [5.74, 6) is -0.973. The van der Waals surface area contributed by atoms with E-state index in [4.69, 9.17) is 5.11 Å². The lowest BCUT2D eigenvalue weighted by Crippen LogP contribution is -2.32. The second-order valence-electron chi connectivity index (χ2n) is 5.05. The molecule has 4 nitrogen and oxygen atoms in total. The second kappa shape index (κ2) is 5.34. The van der Waals surface area contributed by atoms with E-state index in [0.717, 1.165) is 25.1 Å². The molecule has 0 amide bonds. The summed E-state index contributed by atoms with van der Waals surface area (Å²) in [5.41, 5.74) is 2.53. The molecule has 1 N–H and O–H groups in total. The smallest absolute Gasteiger partial charge is 0.354 e. The summed E-state index contributed by atoms with van der Waals surface area (Å²) in [6, 6.07) is 6.14. The van der Waals surface area contributed by atoms with E-state index < -0.39 is 5.97 Å². The van der Waals surface area contributed by atoms with Gasteiger partial charge < -0.3 is 5.11 Å². The minimum Gasteiger partial charge on any atom is -0.477 e. The first kappa shape index (κ1) is 13.3. The molecule has 0 radical (unpaired) electrons. The summed E-state index contributed by atoms with van der Waals surface area (Å²) in [5, 5.41) is 11.1. The van der Waals surface area contributed by atoms with Gasteiger partial charge in [0.2, 0.25) is 0 Å². The molecule has 0 fully saturated rings. The topological polar surface area (TPSA) is 53.4 Å². The Balaban J connectivity index is 1.79. The van der Waals surface area contributed by atoms with Gasteiger partial charge in [-0.3, -0.25) is 4.90 Å². The van der Waals surface area contributed by atoms with E-state index in [1.807, 2.05) is 17.4 Å². The summed E-state index contributed by atoms with van der Waals surface area (Å²) in [4.78, 5) is 18.7. The number of rotatable bonds is 3. The Morgan fingerprint density at radius 2 is 2.40 bits per heavy atom. The van der Waals surface area contributed by atoms with Gasteiger partial charge in [-0.25, -0.2) is 9.78 Å². The van der Waals surface area contributed by atoms with Gasteiger partial charge >= 0.3 is 5.97 Å². The molecule has 0 saturated heterocycles. The van der Waals surface area contributed by atoms with Crippen molar-refractivity contribution in [2.24, 2.45) is 0 Å². The minimum atomic E-state index is -0.973. The molecule has 1 aliphatic heterocycles. The number of nitrogens with zero attached hydrogens (tertiary/aromatic N) is 2. The van der Waals surface area contributed by atoms with Crippen molar-refractivity contribution in [1.82, 2.24) is 9.88 Å². The maximum absolute atomic E-state index is 11.0. The first-order valence-electron chi connectivity index (χ1n) is 6.63.